The first-order chi connectivity index (χ1) is 8.29. The number of hydrogen-bond donors (Lipinski definition) is 1. The smallest absolute Gasteiger partial charge is 0.240 e. The summed E-state index contributed by atoms with van der Waals surface area (Å²) < 4.78 is 5.03. The van der Waals surface area contributed by atoms with Crippen molar-refractivity contribution in [3.63, 3.8) is 0 Å². The van der Waals surface area contributed by atoms with Crippen LogP contribution in [0.4, 0.5) is 0 Å². The summed E-state index contributed by atoms with van der Waals surface area (Å²) >= 11 is 0. The number of ether oxygens (including phenoxy) is 1. The van der Waals surface area contributed by atoms with Gasteiger partial charge in [-0.3, -0.25) is 4.79 Å². The van der Waals surface area contributed by atoms with E-state index in [-0.39, 0.29) is 11.9 Å². The Balaban J connectivity index is 2.51. The maximum Gasteiger partial charge on any atom is 0.240 e. The van der Waals surface area contributed by atoms with E-state index in [2.05, 4.69) is 11.9 Å². The summed E-state index contributed by atoms with van der Waals surface area (Å²) in [6, 6.07) is -0.0192. The van der Waals surface area contributed by atoms with Gasteiger partial charge in [0.15, 0.2) is 0 Å². The van der Waals surface area contributed by atoms with Gasteiger partial charge < -0.3 is 15.0 Å². The Bertz CT molecular complexity index is 236. The van der Waals surface area contributed by atoms with Gasteiger partial charge in [-0.1, -0.05) is 18.9 Å². The van der Waals surface area contributed by atoms with Crippen molar-refractivity contribution in [2.24, 2.45) is 0 Å². The lowest BCUT2D eigenvalue weighted by atomic mass is 10.1. The van der Waals surface area contributed by atoms with Crippen LogP contribution in [-0.2, 0) is 9.53 Å². The van der Waals surface area contributed by atoms with Crippen molar-refractivity contribution in [3.8, 4) is 0 Å². The molecule has 0 spiro atoms. The molecule has 0 aliphatic carbocycles. The van der Waals surface area contributed by atoms with E-state index in [0.717, 1.165) is 19.4 Å². The molecule has 1 rings (SSSR count). The van der Waals surface area contributed by atoms with E-state index in [4.69, 9.17) is 4.74 Å². The van der Waals surface area contributed by atoms with Gasteiger partial charge in [-0.2, -0.15) is 0 Å². The van der Waals surface area contributed by atoms with Crippen LogP contribution in [0.5, 0.6) is 0 Å². The molecule has 4 heteroatoms. The normalized spacial score (nSPS) is 20.6. The molecule has 1 N–H and O–H groups in total. The van der Waals surface area contributed by atoms with Gasteiger partial charge in [0, 0.05) is 20.2 Å². The first-order valence-corrected chi connectivity index (χ1v) is 6.41. The zero-order valence-corrected chi connectivity index (χ0v) is 10.8. The lowest BCUT2D eigenvalue weighted by Crippen LogP contribution is -2.47. The Morgan fingerprint density at radius 3 is 3.06 bits per heavy atom. The lowest BCUT2D eigenvalue weighted by Gasteiger charge is -2.26. The number of rotatable bonds is 6. The van der Waals surface area contributed by atoms with E-state index in [9.17, 15) is 4.79 Å². The molecule has 0 aromatic heterocycles. The zero-order valence-electron chi connectivity index (χ0n) is 10.8. The fraction of sp³-hybridized carbons (Fsp3) is 0.769. The number of nitrogens with zero attached hydrogens (tertiary/aromatic N) is 1. The van der Waals surface area contributed by atoms with Gasteiger partial charge >= 0.3 is 0 Å². The second-order valence-electron chi connectivity index (χ2n) is 4.42. The summed E-state index contributed by atoms with van der Waals surface area (Å²) in [7, 11) is 1.65. The van der Waals surface area contributed by atoms with E-state index in [1.165, 1.54) is 12.8 Å². The first-order valence-electron chi connectivity index (χ1n) is 6.41. The summed E-state index contributed by atoms with van der Waals surface area (Å²) in [5, 5.41) is 3.33. The van der Waals surface area contributed by atoms with Crippen LogP contribution in [0, 0.1) is 0 Å². The maximum absolute atomic E-state index is 12.3. The Labute approximate surface area is 104 Å². The Morgan fingerprint density at radius 2 is 2.35 bits per heavy atom. The Hall–Kier alpha value is -0.870. The van der Waals surface area contributed by atoms with Crippen molar-refractivity contribution in [2.45, 2.75) is 31.7 Å². The molecule has 1 saturated heterocycles. The standard InChI is InChI=1S/C13H24N2O2/c1-3-9-15(10-11-17-2)13(16)12-7-5-4-6-8-14-12/h3,12,14H,1,4-11H2,2H3. The van der Waals surface area contributed by atoms with Gasteiger partial charge in [0.2, 0.25) is 5.91 Å². The molecule has 1 atom stereocenters. The molecule has 98 valence electrons. The van der Waals surface area contributed by atoms with Crippen LogP contribution >= 0.6 is 0 Å². The molecule has 0 aromatic carbocycles. The fourth-order valence-electron chi connectivity index (χ4n) is 2.11. The predicted molar refractivity (Wildman–Crippen MR) is 68.9 cm³/mol. The van der Waals surface area contributed by atoms with E-state index in [0.29, 0.717) is 19.7 Å². The molecular formula is C13H24N2O2. The van der Waals surface area contributed by atoms with Crippen molar-refractivity contribution in [1.29, 1.82) is 0 Å². The van der Waals surface area contributed by atoms with Crippen LogP contribution in [0.2, 0.25) is 0 Å². The Kier molecular flexibility index (Phi) is 6.89. The minimum atomic E-state index is -0.0192. The average Bonchev–Trinajstić information content (AvgIpc) is 2.62. The molecule has 1 aliphatic heterocycles. The van der Waals surface area contributed by atoms with Crippen molar-refractivity contribution in [2.75, 3.05) is 33.4 Å². The topological polar surface area (TPSA) is 41.6 Å². The second-order valence-corrected chi connectivity index (χ2v) is 4.42. The first kappa shape index (κ1) is 14.2. The number of amides is 1. The molecule has 17 heavy (non-hydrogen) atoms. The van der Waals surface area contributed by atoms with E-state index in [1.54, 1.807) is 13.2 Å². The molecule has 1 unspecified atom stereocenters. The van der Waals surface area contributed by atoms with E-state index in [1.807, 2.05) is 4.90 Å². The number of hydrogen-bond acceptors (Lipinski definition) is 3. The van der Waals surface area contributed by atoms with Crippen LogP contribution in [0.3, 0.4) is 0 Å². The SMILES string of the molecule is C=CCN(CCOC)C(=O)C1CCCCCN1. The van der Waals surface area contributed by atoms with Crippen molar-refractivity contribution >= 4 is 5.91 Å². The van der Waals surface area contributed by atoms with Crippen LogP contribution in [0.25, 0.3) is 0 Å². The molecular weight excluding hydrogens is 216 g/mol. The minimum Gasteiger partial charge on any atom is -0.383 e. The number of carbonyl (C=O) groups excluding carboxylic acids is 1. The third-order valence-electron chi connectivity index (χ3n) is 3.08. The molecule has 0 saturated carbocycles. The highest BCUT2D eigenvalue weighted by Gasteiger charge is 2.23. The number of carbonyl (C=O) groups is 1. The summed E-state index contributed by atoms with van der Waals surface area (Å²) in [6.45, 7) is 6.46. The minimum absolute atomic E-state index is 0.0192. The van der Waals surface area contributed by atoms with Crippen LogP contribution < -0.4 is 5.32 Å². The third kappa shape index (κ3) is 4.88. The highest BCUT2D eigenvalue weighted by Crippen LogP contribution is 2.10. The third-order valence-corrected chi connectivity index (χ3v) is 3.08. The number of nitrogens with one attached hydrogen (secondary N) is 1. The van der Waals surface area contributed by atoms with E-state index >= 15 is 0 Å². The highest BCUT2D eigenvalue weighted by molar-refractivity contribution is 5.82. The monoisotopic (exact) mass is 240 g/mol. The second kappa shape index (κ2) is 8.25. The molecule has 1 amide bonds. The van der Waals surface area contributed by atoms with Gasteiger partial charge in [-0.15, -0.1) is 6.58 Å². The molecule has 1 heterocycles. The maximum atomic E-state index is 12.3. The van der Waals surface area contributed by atoms with Gasteiger partial charge in [-0.25, -0.2) is 0 Å². The summed E-state index contributed by atoms with van der Waals surface area (Å²) in [4.78, 5) is 14.1. The average molecular weight is 240 g/mol. The quantitative estimate of drug-likeness (QED) is 0.709. The van der Waals surface area contributed by atoms with Crippen molar-refractivity contribution in [3.05, 3.63) is 12.7 Å². The van der Waals surface area contributed by atoms with Crippen LogP contribution in [0.15, 0.2) is 12.7 Å². The molecule has 0 radical (unpaired) electrons. The van der Waals surface area contributed by atoms with Crippen LogP contribution in [-0.4, -0.2) is 50.2 Å². The number of methoxy groups -OCH3 is 1. The largest absolute Gasteiger partial charge is 0.383 e. The molecule has 4 nitrogen and oxygen atoms in total. The molecule has 1 fully saturated rings. The summed E-state index contributed by atoms with van der Waals surface area (Å²) in [6.07, 6.45) is 6.24. The summed E-state index contributed by atoms with van der Waals surface area (Å²) in [5.74, 6) is 0.184. The van der Waals surface area contributed by atoms with Gasteiger partial charge in [-0.05, 0) is 19.4 Å². The molecule has 0 aromatic rings. The highest BCUT2D eigenvalue weighted by atomic mass is 16.5. The van der Waals surface area contributed by atoms with Gasteiger partial charge in [0.25, 0.3) is 0 Å². The van der Waals surface area contributed by atoms with Gasteiger partial charge in [0.05, 0.1) is 12.6 Å². The zero-order chi connectivity index (χ0) is 12.5. The predicted octanol–water partition coefficient (Wildman–Crippen LogP) is 1.18. The van der Waals surface area contributed by atoms with Gasteiger partial charge in [0.1, 0.15) is 0 Å². The van der Waals surface area contributed by atoms with Crippen LogP contribution in [0.1, 0.15) is 25.7 Å². The fourth-order valence-corrected chi connectivity index (χ4v) is 2.11. The lowest BCUT2D eigenvalue weighted by molar-refractivity contribution is -0.133. The summed E-state index contributed by atoms with van der Waals surface area (Å²) in [5.41, 5.74) is 0. The van der Waals surface area contributed by atoms with Crippen molar-refractivity contribution < 1.29 is 9.53 Å². The molecule has 1 aliphatic rings. The molecule has 0 bridgehead atoms. The van der Waals surface area contributed by atoms with E-state index < -0.39 is 0 Å². The Morgan fingerprint density at radius 1 is 1.53 bits per heavy atom. The van der Waals surface area contributed by atoms with Crippen molar-refractivity contribution in [1.82, 2.24) is 10.2 Å².